The van der Waals surface area contributed by atoms with Gasteiger partial charge in [-0.2, -0.15) is 0 Å². The van der Waals surface area contributed by atoms with Crippen LogP contribution in [0.15, 0.2) is 30.6 Å². The molecule has 1 aromatic rings. The van der Waals surface area contributed by atoms with Gasteiger partial charge in [0.15, 0.2) is 0 Å². The highest BCUT2D eigenvalue weighted by Gasteiger charge is 1.73. The second-order valence-corrected chi connectivity index (χ2v) is 2.48. The zero-order valence-corrected chi connectivity index (χ0v) is 12.0. The molecule has 1 heterocycles. The minimum Gasteiger partial charge on any atom is -0.320 e. The van der Waals surface area contributed by atoms with Crippen LogP contribution in [-0.2, 0) is 0 Å². The number of rotatable bonds is 3. The summed E-state index contributed by atoms with van der Waals surface area (Å²) in [5.41, 5.74) is 0. The Morgan fingerprint density at radius 2 is 1.44 bits per heavy atom. The smallest absolute Gasteiger partial charge is 0.0267 e. The SMILES string of the molecule is CC.CC.CCCCNC.c1ccncc1. The minimum absolute atomic E-state index is 1.16. The van der Waals surface area contributed by atoms with Crippen LogP contribution in [0.1, 0.15) is 47.5 Å². The maximum Gasteiger partial charge on any atom is 0.0267 e. The Labute approximate surface area is 103 Å². The van der Waals surface area contributed by atoms with Gasteiger partial charge in [0.2, 0.25) is 0 Å². The van der Waals surface area contributed by atoms with Gasteiger partial charge in [0, 0.05) is 12.4 Å². The van der Waals surface area contributed by atoms with Gasteiger partial charge in [-0.25, -0.2) is 0 Å². The van der Waals surface area contributed by atoms with Gasteiger partial charge in [-0.15, -0.1) is 0 Å². The van der Waals surface area contributed by atoms with E-state index in [-0.39, 0.29) is 0 Å². The van der Waals surface area contributed by atoms with Gasteiger partial charge >= 0.3 is 0 Å². The molecule has 0 unspecified atom stereocenters. The average Bonchev–Trinajstić information content (AvgIpc) is 2.43. The highest BCUT2D eigenvalue weighted by Crippen LogP contribution is 1.79. The molecule has 0 radical (unpaired) electrons. The maximum absolute atomic E-state index is 3.78. The van der Waals surface area contributed by atoms with Crippen molar-refractivity contribution in [3.63, 3.8) is 0 Å². The van der Waals surface area contributed by atoms with Crippen LogP contribution >= 0.6 is 0 Å². The highest BCUT2D eigenvalue weighted by atomic mass is 14.8. The zero-order chi connectivity index (χ0) is 13.1. The number of nitrogens with one attached hydrogen (secondary N) is 1. The second-order valence-electron chi connectivity index (χ2n) is 2.48. The number of unbranched alkanes of at least 4 members (excludes halogenated alkanes) is 1. The quantitative estimate of drug-likeness (QED) is 0.784. The molecule has 0 aliphatic heterocycles. The Kier molecular flexibility index (Phi) is 37.5. The molecule has 0 amide bonds. The Morgan fingerprint density at radius 1 is 0.938 bits per heavy atom. The topological polar surface area (TPSA) is 24.9 Å². The molecule has 1 N–H and O–H groups in total. The van der Waals surface area contributed by atoms with Crippen LogP contribution in [-0.4, -0.2) is 18.6 Å². The van der Waals surface area contributed by atoms with Crippen molar-refractivity contribution < 1.29 is 0 Å². The first-order valence-electron chi connectivity index (χ1n) is 6.41. The number of aromatic nitrogens is 1. The average molecular weight is 226 g/mol. The normalized spacial score (nSPS) is 7.12. The van der Waals surface area contributed by atoms with Crippen molar-refractivity contribution >= 4 is 0 Å². The van der Waals surface area contributed by atoms with E-state index in [0.717, 1.165) is 6.54 Å². The highest BCUT2D eigenvalue weighted by molar-refractivity contribution is 4.88. The van der Waals surface area contributed by atoms with Crippen LogP contribution in [0.2, 0.25) is 0 Å². The first-order valence-corrected chi connectivity index (χ1v) is 6.41. The molecule has 0 aliphatic carbocycles. The summed E-state index contributed by atoms with van der Waals surface area (Å²) in [6, 6.07) is 5.72. The summed E-state index contributed by atoms with van der Waals surface area (Å²) in [5, 5.41) is 3.07. The van der Waals surface area contributed by atoms with Crippen LogP contribution in [0, 0.1) is 0 Å². The van der Waals surface area contributed by atoms with Crippen LogP contribution in [0.4, 0.5) is 0 Å². The molecule has 2 heteroatoms. The molecule has 0 aromatic carbocycles. The number of hydrogen-bond acceptors (Lipinski definition) is 2. The van der Waals surface area contributed by atoms with Crippen molar-refractivity contribution in [2.45, 2.75) is 47.5 Å². The lowest BCUT2D eigenvalue weighted by atomic mass is 10.3. The lowest BCUT2D eigenvalue weighted by Gasteiger charge is -1.89. The Morgan fingerprint density at radius 3 is 1.56 bits per heavy atom. The van der Waals surface area contributed by atoms with Crippen LogP contribution < -0.4 is 5.32 Å². The fourth-order valence-corrected chi connectivity index (χ4v) is 0.666. The van der Waals surface area contributed by atoms with Gasteiger partial charge in [0.25, 0.3) is 0 Å². The van der Waals surface area contributed by atoms with Gasteiger partial charge in [0.05, 0.1) is 0 Å². The third-order valence-electron chi connectivity index (χ3n) is 1.35. The molecular weight excluding hydrogens is 196 g/mol. The minimum atomic E-state index is 1.16. The van der Waals surface area contributed by atoms with Crippen molar-refractivity contribution in [1.82, 2.24) is 10.3 Å². The van der Waals surface area contributed by atoms with Gasteiger partial charge in [-0.05, 0) is 32.1 Å². The van der Waals surface area contributed by atoms with E-state index in [2.05, 4.69) is 17.2 Å². The third-order valence-corrected chi connectivity index (χ3v) is 1.35. The van der Waals surface area contributed by atoms with Gasteiger partial charge in [0.1, 0.15) is 0 Å². The largest absolute Gasteiger partial charge is 0.320 e. The molecule has 0 saturated carbocycles. The van der Waals surface area contributed by atoms with E-state index in [9.17, 15) is 0 Å². The molecule has 0 spiro atoms. The predicted molar refractivity (Wildman–Crippen MR) is 75.8 cm³/mol. The van der Waals surface area contributed by atoms with Gasteiger partial charge in [-0.3, -0.25) is 4.98 Å². The van der Waals surface area contributed by atoms with Crippen LogP contribution in [0.25, 0.3) is 0 Å². The summed E-state index contributed by atoms with van der Waals surface area (Å²) in [6.45, 7) is 11.4. The summed E-state index contributed by atoms with van der Waals surface area (Å²) in [7, 11) is 1.98. The van der Waals surface area contributed by atoms with E-state index in [4.69, 9.17) is 0 Å². The third kappa shape index (κ3) is 29.2. The first kappa shape index (κ1) is 20.5. The number of hydrogen-bond donors (Lipinski definition) is 1. The van der Waals surface area contributed by atoms with Gasteiger partial charge in [-0.1, -0.05) is 47.1 Å². The molecule has 96 valence electrons. The van der Waals surface area contributed by atoms with E-state index >= 15 is 0 Å². The Hall–Kier alpha value is -0.890. The second kappa shape index (κ2) is 29.2. The van der Waals surface area contributed by atoms with Crippen molar-refractivity contribution in [2.24, 2.45) is 0 Å². The van der Waals surface area contributed by atoms with Crippen molar-refractivity contribution in [3.8, 4) is 0 Å². The van der Waals surface area contributed by atoms with E-state index in [1.165, 1.54) is 12.8 Å². The monoisotopic (exact) mass is 226 g/mol. The summed E-state index contributed by atoms with van der Waals surface area (Å²) in [6.07, 6.45) is 6.09. The first-order chi connectivity index (χ1) is 7.91. The van der Waals surface area contributed by atoms with Crippen molar-refractivity contribution in [3.05, 3.63) is 30.6 Å². The van der Waals surface area contributed by atoms with E-state index in [1.54, 1.807) is 12.4 Å². The summed E-state index contributed by atoms with van der Waals surface area (Å²) in [5.74, 6) is 0. The molecule has 16 heavy (non-hydrogen) atoms. The molecule has 0 aliphatic rings. The number of nitrogens with zero attached hydrogens (tertiary/aromatic N) is 1. The van der Waals surface area contributed by atoms with Crippen LogP contribution in [0.3, 0.4) is 0 Å². The maximum atomic E-state index is 3.78. The molecule has 0 bridgehead atoms. The molecule has 1 aromatic heterocycles. The van der Waals surface area contributed by atoms with E-state index in [1.807, 2.05) is 52.9 Å². The van der Waals surface area contributed by atoms with Crippen molar-refractivity contribution in [1.29, 1.82) is 0 Å². The summed E-state index contributed by atoms with van der Waals surface area (Å²) < 4.78 is 0. The standard InChI is InChI=1S/C5H5N.C5H13N.2C2H6/c1-2-4-6-5-3-1;1-3-4-5-6-2;2*1-2/h1-5H;6H,3-5H2,1-2H3;2*1-2H3. The zero-order valence-electron chi connectivity index (χ0n) is 12.0. The number of pyridine rings is 1. The van der Waals surface area contributed by atoms with Crippen molar-refractivity contribution in [2.75, 3.05) is 13.6 Å². The van der Waals surface area contributed by atoms with E-state index in [0.29, 0.717) is 0 Å². The van der Waals surface area contributed by atoms with Crippen LogP contribution in [0.5, 0.6) is 0 Å². The lowest BCUT2D eigenvalue weighted by molar-refractivity contribution is 0.711. The predicted octanol–water partition coefficient (Wildman–Crippen LogP) is 4.14. The summed E-state index contributed by atoms with van der Waals surface area (Å²) >= 11 is 0. The molecule has 0 fully saturated rings. The fraction of sp³-hybridized carbons (Fsp3) is 0.643. The fourth-order valence-electron chi connectivity index (χ4n) is 0.666. The molecule has 0 atom stereocenters. The summed E-state index contributed by atoms with van der Waals surface area (Å²) in [4.78, 5) is 3.78. The lowest BCUT2D eigenvalue weighted by Crippen LogP contribution is -2.06. The van der Waals surface area contributed by atoms with E-state index < -0.39 is 0 Å². The molecule has 2 nitrogen and oxygen atoms in total. The Balaban J connectivity index is -0.000000162. The molecule has 0 saturated heterocycles. The van der Waals surface area contributed by atoms with Gasteiger partial charge < -0.3 is 5.32 Å². The Bertz CT molecular complexity index is 121. The molecular formula is C14H30N2. The molecule has 1 rings (SSSR count).